The number of hydrogen-bond donors (Lipinski definition) is 2. The third-order valence-electron chi connectivity index (χ3n) is 4.35. The molecule has 0 aliphatic heterocycles. The molecule has 1 atom stereocenters. The first-order valence-electron chi connectivity index (χ1n) is 8.49. The molecule has 6 heteroatoms. The summed E-state index contributed by atoms with van der Waals surface area (Å²) in [6.07, 6.45) is 0. The van der Waals surface area contributed by atoms with Gasteiger partial charge in [0.25, 0.3) is 0 Å². The highest BCUT2D eigenvalue weighted by Gasteiger charge is 2.14. The molecule has 4 nitrogen and oxygen atoms in total. The number of carboxylic acids is 1. The van der Waals surface area contributed by atoms with Gasteiger partial charge in [0.2, 0.25) is 0 Å². The fourth-order valence-corrected chi connectivity index (χ4v) is 2.99. The molecular formula is C21H19ClFNO3. The highest BCUT2D eigenvalue weighted by atomic mass is 35.5. The molecular weight excluding hydrogens is 369 g/mol. The van der Waals surface area contributed by atoms with Gasteiger partial charge < -0.3 is 15.2 Å². The van der Waals surface area contributed by atoms with Gasteiger partial charge in [-0.15, -0.1) is 0 Å². The van der Waals surface area contributed by atoms with Crippen LogP contribution in [0.3, 0.4) is 0 Å². The van der Waals surface area contributed by atoms with E-state index in [1.54, 1.807) is 13.0 Å². The van der Waals surface area contributed by atoms with E-state index in [1.165, 1.54) is 12.1 Å². The Kier molecular flexibility index (Phi) is 5.94. The lowest BCUT2D eigenvalue weighted by Gasteiger charge is -2.17. The van der Waals surface area contributed by atoms with Crippen LogP contribution in [0.4, 0.5) is 4.39 Å². The largest absolute Gasteiger partial charge is 0.488 e. The molecule has 0 bridgehead atoms. The zero-order valence-electron chi connectivity index (χ0n) is 14.7. The zero-order valence-corrected chi connectivity index (χ0v) is 15.5. The standard InChI is InChI=1S/C21H19ClFNO3/c1-13(21(25)26)24-11-18-17-5-3-2-4-14(17)7-9-20(18)27-12-15-6-8-16(23)10-19(15)22/h2-10,13,24H,11-12H2,1H3,(H,25,26). The molecule has 0 fully saturated rings. The van der Waals surface area contributed by atoms with E-state index >= 15 is 0 Å². The summed E-state index contributed by atoms with van der Waals surface area (Å²) in [7, 11) is 0. The SMILES string of the molecule is CC(NCc1c(OCc2ccc(F)cc2Cl)ccc2ccccc12)C(=O)O. The van der Waals surface area contributed by atoms with Crippen LogP contribution in [0.15, 0.2) is 54.6 Å². The van der Waals surface area contributed by atoms with Gasteiger partial charge in [-0.1, -0.05) is 48.0 Å². The number of nitrogens with one attached hydrogen (secondary N) is 1. The van der Waals surface area contributed by atoms with E-state index in [4.69, 9.17) is 21.4 Å². The van der Waals surface area contributed by atoms with Crippen LogP contribution in [0.2, 0.25) is 5.02 Å². The molecule has 3 aromatic rings. The Bertz CT molecular complexity index is 977. The molecule has 0 spiro atoms. The van der Waals surface area contributed by atoms with Gasteiger partial charge in [0, 0.05) is 17.7 Å². The molecule has 0 amide bonds. The Morgan fingerprint density at radius 2 is 2.00 bits per heavy atom. The van der Waals surface area contributed by atoms with Gasteiger partial charge in [-0.3, -0.25) is 4.79 Å². The van der Waals surface area contributed by atoms with E-state index < -0.39 is 17.8 Å². The van der Waals surface area contributed by atoms with Crippen LogP contribution in [-0.4, -0.2) is 17.1 Å². The van der Waals surface area contributed by atoms with Crippen molar-refractivity contribution in [3.05, 3.63) is 76.6 Å². The van der Waals surface area contributed by atoms with Crippen molar-refractivity contribution >= 4 is 28.3 Å². The molecule has 0 aliphatic rings. The van der Waals surface area contributed by atoms with Crippen LogP contribution in [-0.2, 0) is 17.9 Å². The summed E-state index contributed by atoms with van der Waals surface area (Å²) in [5, 5.41) is 14.4. The molecule has 3 aromatic carbocycles. The van der Waals surface area contributed by atoms with Gasteiger partial charge in [0.05, 0.1) is 5.02 Å². The van der Waals surface area contributed by atoms with Crippen LogP contribution in [0.5, 0.6) is 5.75 Å². The Morgan fingerprint density at radius 1 is 1.22 bits per heavy atom. The van der Waals surface area contributed by atoms with E-state index in [0.29, 0.717) is 22.9 Å². The first kappa shape index (κ1) is 19.1. The van der Waals surface area contributed by atoms with E-state index in [9.17, 15) is 9.18 Å². The minimum absolute atomic E-state index is 0.180. The predicted molar refractivity (Wildman–Crippen MR) is 104 cm³/mol. The molecule has 0 aromatic heterocycles. The maximum atomic E-state index is 13.2. The first-order chi connectivity index (χ1) is 13.0. The molecule has 0 aliphatic carbocycles. The lowest BCUT2D eigenvalue weighted by molar-refractivity contribution is -0.139. The zero-order chi connectivity index (χ0) is 19.4. The number of fused-ring (bicyclic) bond motifs is 1. The number of benzene rings is 3. The smallest absolute Gasteiger partial charge is 0.320 e. The van der Waals surface area contributed by atoms with Gasteiger partial charge >= 0.3 is 5.97 Å². The maximum Gasteiger partial charge on any atom is 0.320 e. The molecule has 140 valence electrons. The summed E-state index contributed by atoms with van der Waals surface area (Å²) in [6, 6.07) is 15.1. The lowest BCUT2D eigenvalue weighted by atomic mass is 10.0. The number of ether oxygens (including phenoxy) is 1. The third-order valence-corrected chi connectivity index (χ3v) is 4.70. The molecule has 3 rings (SSSR count). The second-order valence-electron chi connectivity index (χ2n) is 6.23. The normalized spacial score (nSPS) is 12.1. The number of carbonyl (C=O) groups is 1. The average molecular weight is 388 g/mol. The minimum atomic E-state index is -0.921. The Balaban J connectivity index is 1.89. The fourth-order valence-electron chi connectivity index (χ4n) is 2.77. The van der Waals surface area contributed by atoms with Gasteiger partial charge in [-0.05, 0) is 35.9 Å². The Hall–Kier alpha value is -2.63. The monoisotopic (exact) mass is 387 g/mol. The van der Waals surface area contributed by atoms with E-state index in [0.717, 1.165) is 16.3 Å². The van der Waals surface area contributed by atoms with Crippen molar-refractivity contribution in [2.45, 2.75) is 26.1 Å². The second kappa shape index (κ2) is 8.37. The van der Waals surface area contributed by atoms with Crippen molar-refractivity contribution in [2.24, 2.45) is 0 Å². The van der Waals surface area contributed by atoms with Crippen molar-refractivity contribution in [1.29, 1.82) is 0 Å². The average Bonchev–Trinajstić information content (AvgIpc) is 2.65. The summed E-state index contributed by atoms with van der Waals surface area (Å²) < 4.78 is 19.2. The quantitative estimate of drug-likeness (QED) is 0.613. The number of halogens is 2. The van der Waals surface area contributed by atoms with Gasteiger partial charge in [-0.25, -0.2) is 4.39 Å². The van der Waals surface area contributed by atoms with Crippen molar-refractivity contribution < 1.29 is 19.0 Å². The topological polar surface area (TPSA) is 58.6 Å². The van der Waals surface area contributed by atoms with E-state index in [-0.39, 0.29) is 6.61 Å². The lowest BCUT2D eigenvalue weighted by Crippen LogP contribution is -2.33. The van der Waals surface area contributed by atoms with Crippen LogP contribution >= 0.6 is 11.6 Å². The first-order valence-corrected chi connectivity index (χ1v) is 8.87. The van der Waals surface area contributed by atoms with Crippen molar-refractivity contribution in [1.82, 2.24) is 5.32 Å². The second-order valence-corrected chi connectivity index (χ2v) is 6.64. The molecule has 0 radical (unpaired) electrons. The molecule has 2 N–H and O–H groups in total. The Morgan fingerprint density at radius 3 is 2.74 bits per heavy atom. The van der Waals surface area contributed by atoms with Crippen molar-refractivity contribution in [2.75, 3.05) is 0 Å². The van der Waals surface area contributed by atoms with E-state index in [1.807, 2.05) is 36.4 Å². The summed E-state index contributed by atoms with van der Waals surface area (Å²) in [6.45, 7) is 2.10. The van der Waals surface area contributed by atoms with Crippen LogP contribution in [0.1, 0.15) is 18.1 Å². The Labute approximate surface area is 161 Å². The number of aliphatic carboxylic acids is 1. The summed E-state index contributed by atoms with van der Waals surface area (Å²) in [5.41, 5.74) is 1.53. The number of hydrogen-bond acceptors (Lipinski definition) is 3. The molecule has 1 unspecified atom stereocenters. The van der Waals surface area contributed by atoms with Crippen molar-refractivity contribution in [3.8, 4) is 5.75 Å². The highest BCUT2D eigenvalue weighted by molar-refractivity contribution is 6.31. The summed E-state index contributed by atoms with van der Waals surface area (Å²) in [4.78, 5) is 11.1. The third kappa shape index (κ3) is 4.56. The van der Waals surface area contributed by atoms with E-state index in [2.05, 4.69) is 5.32 Å². The van der Waals surface area contributed by atoms with Gasteiger partial charge in [0.1, 0.15) is 24.2 Å². The molecule has 27 heavy (non-hydrogen) atoms. The van der Waals surface area contributed by atoms with Crippen molar-refractivity contribution in [3.63, 3.8) is 0 Å². The molecule has 0 saturated heterocycles. The van der Waals surface area contributed by atoms with Crippen LogP contribution < -0.4 is 10.1 Å². The van der Waals surface area contributed by atoms with Crippen LogP contribution in [0.25, 0.3) is 10.8 Å². The van der Waals surface area contributed by atoms with Gasteiger partial charge in [-0.2, -0.15) is 0 Å². The maximum absolute atomic E-state index is 13.2. The molecule has 0 saturated carbocycles. The highest BCUT2D eigenvalue weighted by Crippen LogP contribution is 2.29. The number of carboxylic acid groups (broad SMARTS) is 1. The summed E-state index contributed by atoms with van der Waals surface area (Å²) in [5.74, 6) is -0.697. The predicted octanol–water partition coefficient (Wildman–Crippen LogP) is 4.77. The van der Waals surface area contributed by atoms with Gasteiger partial charge in [0.15, 0.2) is 0 Å². The molecule has 0 heterocycles. The van der Waals surface area contributed by atoms with Crippen LogP contribution in [0, 0.1) is 5.82 Å². The minimum Gasteiger partial charge on any atom is -0.488 e. The summed E-state index contributed by atoms with van der Waals surface area (Å²) >= 11 is 6.07. The fraction of sp³-hybridized carbons (Fsp3) is 0.190. The number of rotatable bonds is 7.